The van der Waals surface area contributed by atoms with E-state index in [1.165, 1.54) is 22.9 Å². The lowest BCUT2D eigenvalue weighted by molar-refractivity contribution is -0.118. The lowest BCUT2D eigenvalue weighted by atomic mass is 10.0. The summed E-state index contributed by atoms with van der Waals surface area (Å²) in [6.45, 7) is 4.87. The highest BCUT2D eigenvalue weighted by molar-refractivity contribution is 5.80. The number of unbranched alkanes of at least 4 members (excludes halogenated alkanes) is 1. The molecule has 7 heteroatoms. The van der Waals surface area contributed by atoms with E-state index in [-0.39, 0.29) is 17.2 Å². The molecule has 1 aliphatic heterocycles. The summed E-state index contributed by atoms with van der Waals surface area (Å²) in [7, 11) is 0. The molecule has 0 unspecified atom stereocenters. The van der Waals surface area contributed by atoms with Crippen LogP contribution in [0, 0.1) is 5.82 Å². The maximum Gasteiger partial charge on any atom is 0.267 e. The molecule has 0 N–H and O–H groups in total. The van der Waals surface area contributed by atoms with Gasteiger partial charge in [0.2, 0.25) is 0 Å². The lowest BCUT2D eigenvalue weighted by Gasteiger charge is -2.26. The normalized spacial score (nSPS) is 14.3. The first-order valence-corrected chi connectivity index (χ1v) is 11.8. The van der Waals surface area contributed by atoms with Crippen molar-refractivity contribution >= 4 is 5.78 Å². The molecule has 4 rings (SSSR count). The van der Waals surface area contributed by atoms with E-state index in [0.717, 1.165) is 62.4 Å². The van der Waals surface area contributed by atoms with Crippen molar-refractivity contribution in [3.63, 3.8) is 0 Å². The number of rotatable bonds is 10. The Morgan fingerprint density at radius 1 is 0.971 bits per heavy atom. The Morgan fingerprint density at radius 3 is 2.53 bits per heavy atom. The van der Waals surface area contributed by atoms with Gasteiger partial charge in [-0.15, -0.1) is 0 Å². The summed E-state index contributed by atoms with van der Waals surface area (Å²) in [6, 6.07) is 16.9. The molecule has 0 amide bonds. The Morgan fingerprint density at radius 2 is 1.74 bits per heavy atom. The van der Waals surface area contributed by atoms with E-state index in [1.807, 2.05) is 24.3 Å². The van der Waals surface area contributed by atoms with Gasteiger partial charge >= 0.3 is 0 Å². The van der Waals surface area contributed by atoms with E-state index in [2.05, 4.69) is 10.00 Å². The summed E-state index contributed by atoms with van der Waals surface area (Å²) in [4.78, 5) is 27.2. The van der Waals surface area contributed by atoms with Crippen LogP contribution in [0.3, 0.4) is 0 Å². The first-order valence-electron chi connectivity index (χ1n) is 11.8. The van der Waals surface area contributed by atoms with E-state index < -0.39 is 0 Å². The third-order valence-electron chi connectivity index (χ3n) is 6.02. The number of benzene rings is 2. The number of morpholine rings is 1. The van der Waals surface area contributed by atoms with Crippen molar-refractivity contribution in [2.24, 2.45) is 0 Å². The molecule has 0 atom stereocenters. The van der Waals surface area contributed by atoms with Gasteiger partial charge in [0.1, 0.15) is 11.6 Å². The fraction of sp³-hybridized carbons (Fsp3) is 0.370. The van der Waals surface area contributed by atoms with Gasteiger partial charge in [0.15, 0.2) is 0 Å². The van der Waals surface area contributed by atoms with E-state index in [9.17, 15) is 14.0 Å². The number of nitrogens with zero attached hydrogens (tertiary/aromatic N) is 3. The average Bonchev–Trinajstić information content (AvgIpc) is 2.85. The predicted octanol–water partition coefficient (Wildman–Crippen LogP) is 3.71. The van der Waals surface area contributed by atoms with E-state index in [0.29, 0.717) is 25.1 Å². The molecular formula is C27H30FN3O3. The molecular weight excluding hydrogens is 433 g/mol. The predicted molar refractivity (Wildman–Crippen MR) is 129 cm³/mol. The second-order valence-corrected chi connectivity index (χ2v) is 8.67. The summed E-state index contributed by atoms with van der Waals surface area (Å²) < 4.78 is 20.0. The number of ketones is 1. The zero-order valence-corrected chi connectivity index (χ0v) is 19.3. The maximum atomic E-state index is 13.2. The molecule has 6 nitrogen and oxygen atoms in total. The van der Waals surface area contributed by atoms with Gasteiger partial charge in [-0.2, -0.15) is 5.10 Å². The lowest BCUT2D eigenvalue weighted by Crippen LogP contribution is -2.36. The Labute approximate surface area is 199 Å². The summed E-state index contributed by atoms with van der Waals surface area (Å²) in [5, 5.41) is 4.45. The number of aromatic nitrogens is 2. The monoisotopic (exact) mass is 463 g/mol. The largest absolute Gasteiger partial charge is 0.379 e. The van der Waals surface area contributed by atoms with Crippen molar-refractivity contribution in [3.8, 4) is 11.3 Å². The minimum absolute atomic E-state index is 0.215. The third kappa shape index (κ3) is 6.92. The Bertz CT molecular complexity index is 1150. The van der Waals surface area contributed by atoms with Gasteiger partial charge in [0.25, 0.3) is 5.56 Å². The highest BCUT2D eigenvalue weighted by Gasteiger charge is 2.11. The van der Waals surface area contributed by atoms with Gasteiger partial charge < -0.3 is 4.74 Å². The number of carbonyl (C=O) groups is 1. The number of carbonyl (C=O) groups excluding carboxylic acids is 1. The van der Waals surface area contributed by atoms with Crippen LogP contribution in [-0.4, -0.2) is 53.3 Å². The van der Waals surface area contributed by atoms with Crippen molar-refractivity contribution in [1.29, 1.82) is 0 Å². The zero-order valence-electron chi connectivity index (χ0n) is 19.3. The molecule has 34 heavy (non-hydrogen) atoms. The van der Waals surface area contributed by atoms with Crippen LogP contribution < -0.4 is 5.56 Å². The summed E-state index contributed by atoms with van der Waals surface area (Å²) in [5.41, 5.74) is 2.97. The summed E-state index contributed by atoms with van der Waals surface area (Å²) in [5.74, 6) is -0.0896. The first kappa shape index (κ1) is 24.0. The first-order chi connectivity index (χ1) is 16.6. The highest BCUT2D eigenvalue weighted by Crippen LogP contribution is 2.16. The van der Waals surface area contributed by atoms with E-state index >= 15 is 0 Å². The Kier molecular flexibility index (Phi) is 8.33. The molecule has 2 heterocycles. The van der Waals surface area contributed by atoms with Crippen LogP contribution in [0.1, 0.15) is 30.4 Å². The maximum absolute atomic E-state index is 13.2. The van der Waals surface area contributed by atoms with Gasteiger partial charge in [-0.05, 0) is 60.8 Å². The van der Waals surface area contributed by atoms with Crippen LogP contribution in [0.2, 0.25) is 0 Å². The molecule has 1 saturated heterocycles. The van der Waals surface area contributed by atoms with E-state index in [1.54, 1.807) is 18.2 Å². The minimum Gasteiger partial charge on any atom is -0.379 e. The van der Waals surface area contributed by atoms with Crippen molar-refractivity contribution < 1.29 is 13.9 Å². The second-order valence-electron chi connectivity index (χ2n) is 8.67. The van der Waals surface area contributed by atoms with Crippen molar-refractivity contribution in [1.82, 2.24) is 14.7 Å². The number of hydrogen-bond acceptors (Lipinski definition) is 5. The second kappa shape index (κ2) is 11.8. The molecule has 178 valence electrons. The molecule has 2 aromatic carbocycles. The molecule has 0 spiro atoms. The number of Topliss-reactive ketones (excluding diaryl/α,β-unsaturated/α-hetero) is 1. The quantitative estimate of drug-likeness (QED) is 0.429. The fourth-order valence-corrected chi connectivity index (χ4v) is 4.15. The van der Waals surface area contributed by atoms with Gasteiger partial charge in [-0.1, -0.05) is 24.3 Å². The van der Waals surface area contributed by atoms with Gasteiger partial charge in [-0.25, -0.2) is 9.07 Å². The highest BCUT2D eigenvalue weighted by atomic mass is 19.1. The van der Waals surface area contributed by atoms with E-state index in [4.69, 9.17) is 4.74 Å². The molecule has 0 saturated carbocycles. The molecule has 3 aromatic rings. The molecule has 0 bridgehead atoms. The molecule has 1 fully saturated rings. The van der Waals surface area contributed by atoms with Crippen LogP contribution in [0.5, 0.6) is 0 Å². The van der Waals surface area contributed by atoms with Crippen molar-refractivity contribution in [3.05, 3.63) is 88.0 Å². The zero-order chi connectivity index (χ0) is 23.8. The van der Waals surface area contributed by atoms with Crippen LogP contribution in [0.25, 0.3) is 11.3 Å². The van der Waals surface area contributed by atoms with Crippen molar-refractivity contribution in [2.75, 3.05) is 32.8 Å². The number of halogens is 1. The topological polar surface area (TPSA) is 64.4 Å². The third-order valence-corrected chi connectivity index (χ3v) is 6.02. The number of hydrogen-bond donors (Lipinski definition) is 0. The van der Waals surface area contributed by atoms with Crippen LogP contribution in [0.15, 0.2) is 65.5 Å². The Balaban J connectivity index is 1.32. The Hall–Kier alpha value is -3.16. The van der Waals surface area contributed by atoms with Crippen molar-refractivity contribution in [2.45, 2.75) is 32.2 Å². The molecule has 1 aromatic heterocycles. The summed E-state index contributed by atoms with van der Waals surface area (Å²) >= 11 is 0. The summed E-state index contributed by atoms with van der Waals surface area (Å²) in [6.07, 6.45) is 2.88. The smallest absolute Gasteiger partial charge is 0.267 e. The molecule has 0 radical (unpaired) electrons. The van der Waals surface area contributed by atoms with Crippen LogP contribution in [-0.2, 0) is 22.5 Å². The average molecular weight is 464 g/mol. The SMILES string of the molecule is O=C(CCCCN1CCOCC1)Cc1cccc(Cn2nc(-c3ccc(F)cc3)ccc2=O)c1. The van der Waals surface area contributed by atoms with Crippen LogP contribution in [0.4, 0.5) is 4.39 Å². The minimum atomic E-state index is -0.319. The molecule has 1 aliphatic rings. The fourth-order valence-electron chi connectivity index (χ4n) is 4.15. The molecule has 0 aliphatic carbocycles. The van der Waals surface area contributed by atoms with Gasteiger partial charge in [0, 0.05) is 37.6 Å². The number of ether oxygens (including phenoxy) is 1. The van der Waals surface area contributed by atoms with Crippen LogP contribution >= 0.6 is 0 Å². The van der Waals surface area contributed by atoms with Gasteiger partial charge in [-0.3, -0.25) is 14.5 Å². The standard InChI is InChI=1S/C27H30FN3O3/c28-24-9-7-23(8-10-24)26-11-12-27(33)31(29-26)20-22-5-3-4-21(18-22)19-25(32)6-1-2-13-30-14-16-34-17-15-30/h3-5,7-12,18H,1-2,6,13-17,19-20H2. The van der Waals surface area contributed by atoms with Gasteiger partial charge in [0.05, 0.1) is 25.5 Å².